The molecular formula is C25H26ClN3O5. The first-order chi connectivity index (χ1) is 16.4. The first-order valence-electron chi connectivity index (χ1n) is 11.1. The lowest BCUT2D eigenvalue weighted by molar-refractivity contribution is -0.129. The van der Waals surface area contributed by atoms with Gasteiger partial charge in [-0.15, -0.1) is 0 Å². The number of aliphatic hydroxyl groups excluding tert-OH is 1. The van der Waals surface area contributed by atoms with Gasteiger partial charge in [-0.1, -0.05) is 25.4 Å². The molecule has 9 heteroatoms. The number of amides is 1. The number of fused-ring (bicyclic) bond motifs is 1. The molecule has 8 nitrogen and oxygen atoms in total. The fourth-order valence-corrected chi connectivity index (χ4v) is 4.50. The van der Waals surface area contributed by atoms with Gasteiger partial charge >= 0.3 is 0 Å². The summed E-state index contributed by atoms with van der Waals surface area (Å²) in [7, 11) is 1.48. The molecule has 0 fully saturated rings. The molecule has 3 aromatic rings. The molecule has 0 bridgehead atoms. The number of furan rings is 1. The summed E-state index contributed by atoms with van der Waals surface area (Å²) in [4.78, 5) is 34.5. The van der Waals surface area contributed by atoms with Gasteiger partial charge < -0.3 is 24.1 Å². The molecule has 2 aromatic heterocycles. The molecule has 178 valence electrons. The maximum absolute atomic E-state index is 13.6. The molecule has 1 aliphatic heterocycles. The van der Waals surface area contributed by atoms with Crippen molar-refractivity contribution >= 4 is 34.3 Å². The van der Waals surface area contributed by atoms with Crippen molar-refractivity contribution in [2.24, 2.45) is 0 Å². The van der Waals surface area contributed by atoms with Crippen molar-refractivity contribution in [3.05, 3.63) is 70.4 Å². The third-order valence-electron chi connectivity index (χ3n) is 6.11. The average molecular weight is 484 g/mol. The number of hydrogen-bond acceptors (Lipinski definition) is 7. The number of carbonyl (C=O) groups excluding carboxylic acids is 2. The summed E-state index contributed by atoms with van der Waals surface area (Å²) in [5.74, 6) is -1.37. The highest BCUT2D eigenvalue weighted by Crippen LogP contribution is 2.40. The summed E-state index contributed by atoms with van der Waals surface area (Å²) in [6.45, 7) is 6.69. The number of ether oxygens (including phenoxy) is 1. The van der Waals surface area contributed by atoms with Gasteiger partial charge in [0.15, 0.2) is 22.9 Å². The topological polar surface area (TPSA) is 96.1 Å². The number of ketones is 1. The van der Waals surface area contributed by atoms with Gasteiger partial charge in [0.25, 0.3) is 5.91 Å². The van der Waals surface area contributed by atoms with Crippen LogP contribution in [0.1, 0.15) is 36.0 Å². The number of Topliss-reactive ketones (excluding diaryl/α,β-unsaturated/α-hetero) is 1. The second-order valence-corrected chi connectivity index (χ2v) is 8.37. The largest absolute Gasteiger partial charge is 0.503 e. The second kappa shape index (κ2) is 9.87. The fourth-order valence-electron chi connectivity index (χ4n) is 4.28. The van der Waals surface area contributed by atoms with Crippen LogP contribution in [0.5, 0.6) is 5.75 Å². The number of carbonyl (C=O) groups is 2. The van der Waals surface area contributed by atoms with Gasteiger partial charge in [0.2, 0.25) is 5.78 Å². The molecule has 1 aliphatic rings. The Morgan fingerprint density at radius 1 is 1.24 bits per heavy atom. The van der Waals surface area contributed by atoms with Gasteiger partial charge in [-0.3, -0.25) is 14.6 Å². The second-order valence-electron chi connectivity index (χ2n) is 7.94. The van der Waals surface area contributed by atoms with Crippen molar-refractivity contribution in [2.45, 2.75) is 19.9 Å². The number of aromatic nitrogens is 1. The maximum atomic E-state index is 13.6. The highest BCUT2D eigenvalue weighted by Gasteiger charge is 2.44. The number of pyridine rings is 1. The zero-order valence-electron chi connectivity index (χ0n) is 19.2. The van der Waals surface area contributed by atoms with Crippen molar-refractivity contribution in [3.8, 4) is 5.75 Å². The van der Waals surface area contributed by atoms with E-state index < -0.39 is 23.5 Å². The van der Waals surface area contributed by atoms with Crippen LogP contribution in [0.2, 0.25) is 5.02 Å². The predicted molar refractivity (Wildman–Crippen MR) is 128 cm³/mol. The van der Waals surface area contributed by atoms with E-state index in [2.05, 4.69) is 9.88 Å². The number of rotatable bonds is 9. The fraction of sp³-hybridized carbons (Fsp3) is 0.320. The van der Waals surface area contributed by atoms with Crippen LogP contribution in [0.15, 0.2) is 58.5 Å². The summed E-state index contributed by atoms with van der Waals surface area (Å²) >= 11 is 6.15. The smallest absolute Gasteiger partial charge is 0.290 e. The van der Waals surface area contributed by atoms with Crippen LogP contribution in [-0.2, 0) is 4.79 Å². The molecule has 0 saturated heterocycles. The standard InChI is InChI=1S/C25H26ClN3O5/c1-4-28(5-2)10-11-29-21(15-6-8-27-9-7-15)20(23(31)25(29)32)22(30)18-13-16-12-17(26)14-19(33-3)24(16)34-18/h6-9,12-14,21,31H,4-5,10-11H2,1-3H3. The summed E-state index contributed by atoms with van der Waals surface area (Å²) < 4.78 is 11.1. The molecular weight excluding hydrogens is 458 g/mol. The first-order valence-corrected chi connectivity index (χ1v) is 11.5. The Kier molecular flexibility index (Phi) is 6.90. The van der Waals surface area contributed by atoms with E-state index in [-0.39, 0.29) is 11.3 Å². The van der Waals surface area contributed by atoms with Crippen molar-refractivity contribution in [1.29, 1.82) is 0 Å². The van der Waals surface area contributed by atoms with E-state index in [9.17, 15) is 14.7 Å². The lowest BCUT2D eigenvalue weighted by atomic mass is 9.95. The van der Waals surface area contributed by atoms with Crippen molar-refractivity contribution < 1.29 is 23.8 Å². The number of methoxy groups -OCH3 is 1. The molecule has 1 amide bonds. The molecule has 1 aromatic carbocycles. The van der Waals surface area contributed by atoms with E-state index in [1.54, 1.807) is 42.7 Å². The molecule has 1 N–H and O–H groups in total. The Labute approximate surface area is 202 Å². The Morgan fingerprint density at radius 3 is 2.59 bits per heavy atom. The highest BCUT2D eigenvalue weighted by molar-refractivity contribution is 6.31. The first kappa shape index (κ1) is 23.8. The quantitative estimate of drug-likeness (QED) is 0.450. The lowest BCUT2D eigenvalue weighted by Crippen LogP contribution is -2.38. The third kappa shape index (κ3) is 4.26. The van der Waals surface area contributed by atoms with Crippen LogP contribution in [0, 0.1) is 0 Å². The maximum Gasteiger partial charge on any atom is 0.290 e. The summed E-state index contributed by atoms with van der Waals surface area (Å²) in [5.41, 5.74) is 1.01. The minimum Gasteiger partial charge on any atom is -0.503 e. The number of aliphatic hydroxyl groups is 1. The van der Waals surface area contributed by atoms with Gasteiger partial charge in [0.1, 0.15) is 0 Å². The third-order valence-corrected chi connectivity index (χ3v) is 6.33. The molecule has 34 heavy (non-hydrogen) atoms. The van der Waals surface area contributed by atoms with Crippen LogP contribution < -0.4 is 4.74 Å². The molecule has 3 heterocycles. The van der Waals surface area contributed by atoms with Crippen LogP contribution >= 0.6 is 11.6 Å². The van der Waals surface area contributed by atoms with E-state index in [4.69, 9.17) is 20.8 Å². The molecule has 0 radical (unpaired) electrons. The Morgan fingerprint density at radius 2 is 1.94 bits per heavy atom. The number of nitrogens with zero attached hydrogens (tertiary/aromatic N) is 3. The average Bonchev–Trinajstić information content (AvgIpc) is 3.38. The Balaban J connectivity index is 1.76. The Hall–Kier alpha value is -3.36. The molecule has 4 rings (SSSR count). The van der Waals surface area contributed by atoms with Crippen LogP contribution in [0.3, 0.4) is 0 Å². The van der Waals surface area contributed by atoms with E-state index in [0.717, 1.165) is 13.1 Å². The zero-order chi connectivity index (χ0) is 24.4. The highest BCUT2D eigenvalue weighted by atomic mass is 35.5. The van der Waals surface area contributed by atoms with E-state index >= 15 is 0 Å². The molecule has 0 spiro atoms. The van der Waals surface area contributed by atoms with Gasteiger partial charge in [0.05, 0.1) is 18.7 Å². The van der Waals surface area contributed by atoms with Crippen LogP contribution in [0.4, 0.5) is 0 Å². The monoisotopic (exact) mass is 483 g/mol. The minimum absolute atomic E-state index is 0.0189. The summed E-state index contributed by atoms with van der Waals surface area (Å²) in [5, 5.41) is 11.9. The summed E-state index contributed by atoms with van der Waals surface area (Å²) in [6, 6.07) is 7.48. The molecule has 1 atom stereocenters. The SMILES string of the molecule is CCN(CC)CCN1C(=O)C(O)=C(C(=O)c2cc3cc(Cl)cc(OC)c3o2)C1c1ccncc1. The van der Waals surface area contributed by atoms with E-state index in [1.807, 2.05) is 13.8 Å². The Bertz CT molecular complexity index is 1250. The van der Waals surface area contributed by atoms with Crippen LogP contribution in [-0.4, -0.2) is 64.9 Å². The van der Waals surface area contributed by atoms with Crippen molar-refractivity contribution in [3.63, 3.8) is 0 Å². The van der Waals surface area contributed by atoms with E-state index in [0.29, 0.717) is 40.4 Å². The van der Waals surface area contributed by atoms with Gasteiger partial charge in [-0.25, -0.2) is 0 Å². The predicted octanol–water partition coefficient (Wildman–Crippen LogP) is 4.41. The van der Waals surface area contributed by atoms with Crippen molar-refractivity contribution in [2.75, 3.05) is 33.3 Å². The van der Waals surface area contributed by atoms with Crippen molar-refractivity contribution in [1.82, 2.24) is 14.8 Å². The lowest BCUT2D eigenvalue weighted by Gasteiger charge is -2.29. The van der Waals surface area contributed by atoms with Gasteiger partial charge in [-0.05, 0) is 42.9 Å². The number of benzene rings is 1. The van der Waals surface area contributed by atoms with E-state index in [1.165, 1.54) is 12.0 Å². The number of hydrogen-bond donors (Lipinski definition) is 1. The van der Waals surface area contributed by atoms with Crippen LogP contribution in [0.25, 0.3) is 11.0 Å². The number of likely N-dealkylation sites (N-methyl/N-ethyl adjacent to an activating group) is 1. The minimum atomic E-state index is -0.766. The normalized spacial score (nSPS) is 16.2. The van der Waals surface area contributed by atoms with Gasteiger partial charge in [0, 0.05) is 42.0 Å². The zero-order valence-corrected chi connectivity index (χ0v) is 20.0. The molecule has 0 saturated carbocycles. The number of halogens is 1. The molecule has 1 unspecified atom stereocenters. The molecule has 0 aliphatic carbocycles. The van der Waals surface area contributed by atoms with Gasteiger partial charge in [-0.2, -0.15) is 0 Å². The summed E-state index contributed by atoms with van der Waals surface area (Å²) in [6.07, 6.45) is 3.18.